The van der Waals surface area contributed by atoms with Gasteiger partial charge < -0.3 is 9.64 Å². The molecule has 0 aliphatic heterocycles. The number of rotatable bonds is 5. The molecule has 0 spiro atoms. The van der Waals surface area contributed by atoms with Gasteiger partial charge in [-0.2, -0.15) is 0 Å². The SMILES string of the molecule is CCOC(=O)c1c(C)nc(-c2ccc(N(C)C)cc2)nc1-c1ccc(C)cc1. The van der Waals surface area contributed by atoms with E-state index in [-0.39, 0.29) is 0 Å². The molecule has 1 heterocycles. The summed E-state index contributed by atoms with van der Waals surface area (Å²) in [7, 11) is 4.00. The van der Waals surface area contributed by atoms with Gasteiger partial charge in [-0.1, -0.05) is 29.8 Å². The van der Waals surface area contributed by atoms with Gasteiger partial charge in [-0.25, -0.2) is 14.8 Å². The lowest BCUT2D eigenvalue weighted by molar-refractivity contribution is 0.0525. The third-order valence-corrected chi connectivity index (χ3v) is 4.54. The molecule has 0 atom stereocenters. The van der Waals surface area contributed by atoms with Crippen molar-refractivity contribution in [2.45, 2.75) is 20.8 Å². The van der Waals surface area contributed by atoms with Crippen LogP contribution in [0.4, 0.5) is 5.69 Å². The van der Waals surface area contributed by atoms with Crippen LogP contribution >= 0.6 is 0 Å². The van der Waals surface area contributed by atoms with Crippen molar-refractivity contribution in [3.8, 4) is 22.6 Å². The van der Waals surface area contributed by atoms with Crippen LogP contribution in [-0.4, -0.2) is 36.6 Å². The molecule has 0 aliphatic rings. The minimum absolute atomic E-state index is 0.305. The van der Waals surface area contributed by atoms with Crippen molar-refractivity contribution in [2.24, 2.45) is 0 Å². The molecular formula is C23H25N3O2. The number of anilines is 1. The summed E-state index contributed by atoms with van der Waals surface area (Å²) in [6.45, 7) is 5.95. The first kappa shape index (κ1) is 19.5. The summed E-state index contributed by atoms with van der Waals surface area (Å²) in [6, 6.07) is 16.0. The van der Waals surface area contributed by atoms with E-state index in [2.05, 4.69) is 4.98 Å². The van der Waals surface area contributed by atoms with E-state index in [0.29, 0.717) is 29.4 Å². The largest absolute Gasteiger partial charge is 0.462 e. The predicted molar refractivity (Wildman–Crippen MR) is 113 cm³/mol. The van der Waals surface area contributed by atoms with Crippen molar-refractivity contribution >= 4 is 11.7 Å². The van der Waals surface area contributed by atoms with Gasteiger partial charge in [0.15, 0.2) is 5.82 Å². The van der Waals surface area contributed by atoms with E-state index >= 15 is 0 Å². The summed E-state index contributed by atoms with van der Waals surface area (Å²) >= 11 is 0. The number of aryl methyl sites for hydroxylation is 2. The van der Waals surface area contributed by atoms with Gasteiger partial charge in [-0.15, -0.1) is 0 Å². The standard InChI is InChI=1S/C23H25N3O2/c1-6-28-23(27)20-16(3)24-22(18-11-13-19(14-12-18)26(4)5)25-21(20)17-9-7-15(2)8-10-17/h7-14H,6H2,1-5H3. The Morgan fingerprint density at radius 3 is 2.11 bits per heavy atom. The lowest BCUT2D eigenvalue weighted by Crippen LogP contribution is -2.12. The predicted octanol–water partition coefficient (Wildman–Crippen LogP) is 4.67. The minimum Gasteiger partial charge on any atom is -0.462 e. The number of aromatic nitrogens is 2. The zero-order valence-corrected chi connectivity index (χ0v) is 17.0. The average molecular weight is 375 g/mol. The smallest absolute Gasteiger partial charge is 0.342 e. The van der Waals surface area contributed by atoms with E-state index in [9.17, 15) is 4.79 Å². The molecule has 0 N–H and O–H groups in total. The molecule has 0 saturated heterocycles. The van der Waals surface area contributed by atoms with Crippen LogP contribution in [0.25, 0.3) is 22.6 Å². The Morgan fingerprint density at radius 2 is 1.54 bits per heavy atom. The van der Waals surface area contributed by atoms with Crippen LogP contribution < -0.4 is 4.90 Å². The molecule has 5 nitrogen and oxygen atoms in total. The monoisotopic (exact) mass is 375 g/mol. The molecule has 0 unspecified atom stereocenters. The Morgan fingerprint density at radius 1 is 0.929 bits per heavy atom. The van der Waals surface area contributed by atoms with Crippen LogP contribution in [-0.2, 0) is 4.74 Å². The van der Waals surface area contributed by atoms with Crippen molar-refractivity contribution in [1.29, 1.82) is 0 Å². The summed E-state index contributed by atoms with van der Waals surface area (Å²) in [4.78, 5) is 24.0. The van der Waals surface area contributed by atoms with Crippen LogP contribution in [0.3, 0.4) is 0 Å². The summed E-state index contributed by atoms with van der Waals surface area (Å²) in [5.41, 5.74) is 5.63. The molecule has 3 aromatic rings. The highest BCUT2D eigenvalue weighted by molar-refractivity contribution is 5.97. The number of hydrogen-bond donors (Lipinski definition) is 0. The molecule has 5 heteroatoms. The summed E-state index contributed by atoms with van der Waals surface area (Å²) in [5, 5.41) is 0. The van der Waals surface area contributed by atoms with Crippen LogP contribution in [0.2, 0.25) is 0 Å². The van der Waals surface area contributed by atoms with E-state index in [1.54, 1.807) is 6.92 Å². The number of carbonyl (C=O) groups is 1. The number of benzene rings is 2. The second kappa shape index (κ2) is 8.21. The van der Waals surface area contributed by atoms with Crippen LogP contribution in [0.1, 0.15) is 28.5 Å². The zero-order valence-electron chi connectivity index (χ0n) is 17.0. The van der Waals surface area contributed by atoms with Gasteiger partial charge in [-0.05, 0) is 45.0 Å². The van der Waals surface area contributed by atoms with E-state index in [0.717, 1.165) is 22.4 Å². The Bertz CT molecular complexity index is 978. The Kier molecular flexibility index (Phi) is 5.73. The molecule has 0 bridgehead atoms. The number of carbonyl (C=O) groups excluding carboxylic acids is 1. The Hall–Kier alpha value is -3.21. The third-order valence-electron chi connectivity index (χ3n) is 4.54. The van der Waals surface area contributed by atoms with E-state index in [4.69, 9.17) is 9.72 Å². The molecule has 144 valence electrons. The number of esters is 1. The lowest BCUT2D eigenvalue weighted by Gasteiger charge is -2.15. The van der Waals surface area contributed by atoms with Crippen molar-refractivity contribution in [3.63, 3.8) is 0 Å². The normalized spacial score (nSPS) is 10.6. The second-order valence-electron chi connectivity index (χ2n) is 6.88. The van der Waals surface area contributed by atoms with Crippen molar-refractivity contribution < 1.29 is 9.53 Å². The molecule has 3 rings (SSSR count). The molecule has 0 saturated carbocycles. The van der Waals surface area contributed by atoms with Crippen molar-refractivity contribution in [3.05, 3.63) is 65.4 Å². The number of hydrogen-bond acceptors (Lipinski definition) is 5. The van der Waals surface area contributed by atoms with Crippen LogP contribution in [0.5, 0.6) is 0 Å². The van der Waals surface area contributed by atoms with Gasteiger partial charge in [0.2, 0.25) is 0 Å². The average Bonchev–Trinajstić information content (AvgIpc) is 2.68. The highest BCUT2D eigenvalue weighted by Gasteiger charge is 2.21. The maximum atomic E-state index is 12.6. The lowest BCUT2D eigenvalue weighted by atomic mass is 10.0. The fourth-order valence-corrected chi connectivity index (χ4v) is 2.98. The molecule has 2 aromatic carbocycles. The molecule has 0 aliphatic carbocycles. The number of nitrogens with zero attached hydrogens (tertiary/aromatic N) is 3. The first-order valence-electron chi connectivity index (χ1n) is 9.31. The molecule has 0 fully saturated rings. The van der Waals surface area contributed by atoms with Gasteiger partial charge in [0, 0.05) is 30.9 Å². The maximum absolute atomic E-state index is 12.6. The highest BCUT2D eigenvalue weighted by atomic mass is 16.5. The number of ether oxygens (including phenoxy) is 1. The van der Waals surface area contributed by atoms with Crippen molar-refractivity contribution in [1.82, 2.24) is 9.97 Å². The molecule has 0 amide bonds. The van der Waals surface area contributed by atoms with Gasteiger partial charge in [-0.3, -0.25) is 0 Å². The Labute approximate surface area is 166 Å². The zero-order chi connectivity index (χ0) is 20.3. The summed E-state index contributed by atoms with van der Waals surface area (Å²) in [6.07, 6.45) is 0. The molecule has 0 radical (unpaired) electrons. The van der Waals surface area contributed by atoms with E-state index < -0.39 is 5.97 Å². The second-order valence-corrected chi connectivity index (χ2v) is 6.88. The molecule has 1 aromatic heterocycles. The molecular weight excluding hydrogens is 350 g/mol. The minimum atomic E-state index is -0.398. The highest BCUT2D eigenvalue weighted by Crippen LogP contribution is 2.28. The van der Waals surface area contributed by atoms with Gasteiger partial charge in [0.1, 0.15) is 5.56 Å². The quantitative estimate of drug-likeness (QED) is 0.607. The summed E-state index contributed by atoms with van der Waals surface area (Å²) < 4.78 is 5.26. The van der Waals surface area contributed by atoms with Gasteiger partial charge in [0.05, 0.1) is 18.0 Å². The van der Waals surface area contributed by atoms with Crippen LogP contribution in [0.15, 0.2) is 48.5 Å². The molecule has 28 heavy (non-hydrogen) atoms. The van der Waals surface area contributed by atoms with E-state index in [1.165, 1.54) is 0 Å². The maximum Gasteiger partial charge on any atom is 0.342 e. The van der Waals surface area contributed by atoms with E-state index in [1.807, 2.05) is 81.4 Å². The summed E-state index contributed by atoms with van der Waals surface area (Å²) in [5.74, 6) is 0.191. The Balaban J connectivity index is 2.16. The van der Waals surface area contributed by atoms with Crippen LogP contribution in [0, 0.1) is 13.8 Å². The fourth-order valence-electron chi connectivity index (χ4n) is 2.98. The van der Waals surface area contributed by atoms with Crippen molar-refractivity contribution in [2.75, 3.05) is 25.6 Å². The fraction of sp³-hybridized carbons (Fsp3) is 0.261. The van der Waals surface area contributed by atoms with Gasteiger partial charge >= 0.3 is 5.97 Å². The van der Waals surface area contributed by atoms with Gasteiger partial charge in [0.25, 0.3) is 0 Å². The first-order valence-corrected chi connectivity index (χ1v) is 9.31. The first-order chi connectivity index (χ1) is 13.4. The topological polar surface area (TPSA) is 55.3 Å². The third kappa shape index (κ3) is 4.03.